The van der Waals surface area contributed by atoms with Crippen LogP contribution in [-0.4, -0.2) is 5.78 Å². The average molecular weight is 366 g/mol. The molecule has 3 rings (SSSR count). The molecule has 2 aliphatic rings. The Bertz CT molecular complexity index is 585. The molecule has 1 nitrogen and oxygen atoms in total. The van der Waals surface area contributed by atoms with Crippen LogP contribution in [0.15, 0.2) is 29.8 Å². The van der Waals surface area contributed by atoms with Gasteiger partial charge in [-0.1, -0.05) is 32.9 Å². The van der Waals surface area contributed by atoms with Gasteiger partial charge in [-0.05, 0) is 76.1 Å². The van der Waals surface area contributed by atoms with E-state index >= 15 is 0 Å². The second-order valence-electron chi connectivity index (χ2n) is 6.63. The molecule has 2 aliphatic carbocycles. The van der Waals surface area contributed by atoms with E-state index in [4.69, 9.17) is 0 Å². The SMILES string of the molecule is CC12CCC(/C(=C\c3cccc(I)c3)C1=O)C2(C)C. The van der Waals surface area contributed by atoms with Crippen LogP contribution in [0.3, 0.4) is 0 Å². The summed E-state index contributed by atoms with van der Waals surface area (Å²) in [4.78, 5) is 12.7. The molecule has 0 spiro atoms. The largest absolute Gasteiger partial charge is 0.294 e. The Morgan fingerprint density at radius 2 is 2.05 bits per heavy atom. The molecule has 2 bridgehead atoms. The third kappa shape index (κ3) is 1.75. The van der Waals surface area contributed by atoms with Crippen molar-refractivity contribution in [2.24, 2.45) is 16.7 Å². The van der Waals surface area contributed by atoms with Crippen LogP contribution in [-0.2, 0) is 4.79 Å². The molecule has 2 unspecified atom stereocenters. The van der Waals surface area contributed by atoms with Crippen LogP contribution in [0, 0.1) is 20.3 Å². The molecule has 0 N–H and O–H groups in total. The minimum absolute atomic E-state index is 0.109. The van der Waals surface area contributed by atoms with Gasteiger partial charge in [0.1, 0.15) is 0 Å². The number of carbonyl (C=O) groups is 1. The zero-order valence-corrected chi connectivity index (χ0v) is 13.8. The van der Waals surface area contributed by atoms with Crippen LogP contribution in [0.2, 0.25) is 0 Å². The summed E-state index contributed by atoms with van der Waals surface area (Å²) in [5.74, 6) is 0.815. The van der Waals surface area contributed by atoms with Crippen molar-refractivity contribution >= 4 is 34.5 Å². The highest BCUT2D eigenvalue weighted by Crippen LogP contribution is 2.65. The maximum atomic E-state index is 12.7. The molecule has 0 amide bonds. The molecular formula is C17H19IO. The number of ketones is 1. The molecule has 2 heteroatoms. The first-order valence-electron chi connectivity index (χ1n) is 6.88. The van der Waals surface area contributed by atoms with E-state index in [-0.39, 0.29) is 10.8 Å². The van der Waals surface area contributed by atoms with Gasteiger partial charge in [-0.15, -0.1) is 0 Å². The van der Waals surface area contributed by atoms with E-state index in [2.05, 4.69) is 73.7 Å². The van der Waals surface area contributed by atoms with Crippen LogP contribution >= 0.6 is 22.6 Å². The van der Waals surface area contributed by atoms with E-state index in [0.29, 0.717) is 11.7 Å². The number of allylic oxidation sites excluding steroid dienone is 1. The van der Waals surface area contributed by atoms with Gasteiger partial charge in [0.25, 0.3) is 0 Å². The highest BCUT2D eigenvalue weighted by molar-refractivity contribution is 14.1. The summed E-state index contributed by atoms with van der Waals surface area (Å²) < 4.78 is 1.22. The van der Waals surface area contributed by atoms with Gasteiger partial charge in [0.15, 0.2) is 5.78 Å². The Morgan fingerprint density at radius 3 is 2.63 bits per heavy atom. The second-order valence-corrected chi connectivity index (χ2v) is 7.87. The average Bonchev–Trinajstić information content (AvgIpc) is 2.64. The maximum absolute atomic E-state index is 12.7. The quantitative estimate of drug-likeness (QED) is 0.520. The molecule has 2 saturated carbocycles. The Kier molecular flexibility index (Phi) is 2.93. The van der Waals surface area contributed by atoms with Gasteiger partial charge < -0.3 is 0 Å². The van der Waals surface area contributed by atoms with Gasteiger partial charge in [0.05, 0.1) is 0 Å². The highest BCUT2D eigenvalue weighted by atomic mass is 127. The van der Waals surface area contributed by atoms with Crippen molar-refractivity contribution in [3.05, 3.63) is 39.0 Å². The normalized spacial score (nSPS) is 34.2. The number of fused-ring (bicyclic) bond motifs is 2. The van der Waals surface area contributed by atoms with Gasteiger partial charge in [0, 0.05) is 8.99 Å². The van der Waals surface area contributed by atoms with E-state index in [9.17, 15) is 4.79 Å². The third-order valence-corrected chi connectivity index (χ3v) is 6.21. The first-order valence-corrected chi connectivity index (χ1v) is 7.96. The zero-order chi connectivity index (χ0) is 13.8. The standard InChI is InChI=1S/C17H19IO/c1-16(2)14-7-8-17(16,3)15(19)13(14)10-11-5-4-6-12(18)9-11/h4-6,9-10,14H,7-8H2,1-3H3/b13-10+. The fourth-order valence-corrected chi connectivity index (χ4v) is 4.44. The van der Waals surface area contributed by atoms with Crippen molar-refractivity contribution in [2.45, 2.75) is 33.6 Å². The molecule has 0 aliphatic heterocycles. The molecule has 2 atom stereocenters. The minimum atomic E-state index is -0.147. The Morgan fingerprint density at radius 1 is 1.32 bits per heavy atom. The number of rotatable bonds is 1. The summed E-state index contributed by atoms with van der Waals surface area (Å²) in [6.07, 6.45) is 4.33. The van der Waals surface area contributed by atoms with E-state index in [0.717, 1.165) is 24.0 Å². The third-order valence-electron chi connectivity index (χ3n) is 5.54. The molecule has 0 heterocycles. The van der Waals surface area contributed by atoms with Gasteiger partial charge in [-0.3, -0.25) is 4.79 Å². The zero-order valence-electron chi connectivity index (χ0n) is 11.7. The van der Waals surface area contributed by atoms with Crippen molar-refractivity contribution in [2.75, 3.05) is 0 Å². The lowest BCUT2D eigenvalue weighted by atomic mass is 9.70. The lowest BCUT2D eigenvalue weighted by Crippen LogP contribution is -2.32. The van der Waals surface area contributed by atoms with E-state index in [1.807, 2.05) is 0 Å². The van der Waals surface area contributed by atoms with Crippen molar-refractivity contribution in [3.63, 3.8) is 0 Å². The summed E-state index contributed by atoms with van der Waals surface area (Å²) in [6.45, 7) is 6.68. The fourth-order valence-electron chi connectivity index (χ4n) is 3.87. The first-order chi connectivity index (χ1) is 8.86. The minimum Gasteiger partial charge on any atom is -0.294 e. The number of halogens is 1. The van der Waals surface area contributed by atoms with Gasteiger partial charge in [-0.25, -0.2) is 0 Å². The Balaban J connectivity index is 2.06. The van der Waals surface area contributed by atoms with Crippen molar-refractivity contribution in [1.82, 2.24) is 0 Å². The van der Waals surface area contributed by atoms with Crippen LogP contribution in [0.25, 0.3) is 6.08 Å². The van der Waals surface area contributed by atoms with Crippen molar-refractivity contribution < 1.29 is 4.79 Å². The topological polar surface area (TPSA) is 17.1 Å². The highest BCUT2D eigenvalue weighted by Gasteiger charge is 2.63. The van der Waals surface area contributed by atoms with Crippen LogP contribution in [0.1, 0.15) is 39.2 Å². The first kappa shape index (κ1) is 13.3. The smallest absolute Gasteiger partial charge is 0.165 e. The number of benzene rings is 1. The fraction of sp³-hybridized carbons (Fsp3) is 0.471. The van der Waals surface area contributed by atoms with Gasteiger partial charge in [0.2, 0.25) is 0 Å². The number of hydrogen-bond donors (Lipinski definition) is 0. The summed E-state index contributed by atoms with van der Waals surface area (Å²) in [7, 11) is 0. The molecule has 100 valence electrons. The second kappa shape index (κ2) is 4.18. The molecule has 2 fully saturated rings. The summed E-state index contributed by atoms with van der Waals surface area (Å²) in [6, 6.07) is 8.36. The molecule has 19 heavy (non-hydrogen) atoms. The predicted molar refractivity (Wildman–Crippen MR) is 86.8 cm³/mol. The summed E-state index contributed by atoms with van der Waals surface area (Å²) >= 11 is 2.32. The molecule has 0 radical (unpaired) electrons. The molecule has 1 aromatic carbocycles. The summed E-state index contributed by atoms with van der Waals surface area (Å²) in [5.41, 5.74) is 2.17. The molecule has 0 aromatic heterocycles. The molecular weight excluding hydrogens is 347 g/mol. The predicted octanol–water partition coefficient (Wildman–Crippen LogP) is 4.70. The summed E-state index contributed by atoms with van der Waals surface area (Å²) in [5, 5.41) is 0. The lowest BCUT2D eigenvalue weighted by molar-refractivity contribution is -0.125. The number of hydrogen-bond acceptors (Lipinski definition) is 1. The maximum Gasteiger partial charge on any atom is 0.165 e. The molecule has 1 aromatic rings. The van der Waals surface area contributed by atoms with Crippen molar-refractivity contribution in [1.29, 1.82) is 0 Å². The van der Waals surface area contributed by atoms with E-state index in [1.165, 1.54) is 3.57 Å². The van der Waals surface area contributed by atoms with Crippen molar-refractivity contribution in [3.8, 4) is 0 Å². The Labute approximate surface area is 128 Å². The van der Waals surface area contributed by atoms with Gasteiger partial charge in [-0.2, -0.15) is 0 Å². The van der Waals surface area contributed by atoms with Crippen LogP contribution in [0.5, 0.6) is 0 Å². The van der Waals surface area contributed by atoms with Gasteiger partial charge >= 0.3 is 0 Å². The number of carbonyl (C=O) groups excluding carboxylic acids is 1. The monoisotopic (exact) mass is 366 g/mol. The van der Waals surface area contributed by atoms with E-state index in [1.54, 1.807) is 0 Å². The molecule has 0 saturated heterocycles. The lowest BCUT2D eigenvalue weighted by Gasteiger charge is -2.31. The van der Waals surface area contributed by atoms with E-state index < -0.39 is 0 Å². The van der Waals surface area contributed by atoms with Crippen LogP contribution in [0.4, 0.5) is 0 Å². The van der Waals surface area contributed by atoms with Crippen LogP contribution < -0.4 is 0 Å². The number of Topliss-reactive ketones (excluding diaryl/α,β-unsaturated/α-hetero) is 1. The Hall–Kier alpha value is -0.640.